The van der Waals surface area contributed by atoms with Crippen LogP contribution in [0.1, 0.15) is 49.7 Å². The Hall–Kier alpha value is -0.780. The van der Waals surface area contributed by atoms with Gasteiger partial charge in [0.1, 0.15) is 0 Å². The fourth-order valence-electron chi connectivity index (χ4n) is 8.00. The zero-order valence-corrected chi connectivity index (χ0v) is 12.0. The molecular weight excluding hydrogens is 240 g/mol. The summed E-state index contributed by atoms with van der Waals surface area (Å²) < 4.78 is 0. The van der Waals surface area contributed by atoms with Crippen molar-refractivity contribution in [2.24, 2.45) is 35.5 Å². The molecule has 0 spiro atoms. The van der Waals surface area contributed by atoms with E-state index < -0.39 is 0 Å². The summed E-state index contributed by atoms with van der Waals surface area (Å²) in [5.74, 6) is 6.63. The monoisotopic (exact) mass is 262 g/mol. The normalized spacial score (nSPS) is 62.2. The molecule has 0 N–H and O–H groups in total. The summed E-state index contributed by atoms with van der Waals surface area (Å²) in [7, 11) is 0. The molecule has 0 nitrogen and oxygen atoms in total. The molecule has 4 unspecified atom stereocenters. The molecule has 0 heteroatoms. The molecule has 6 aliphatic carbocycles. The highest BCUT2D eigenvalue weighted by molar-refractivity contribution is 5.56. The molecular formula is C20H22. The van der Waals surface area contributed by atoms with Gasteiger partial charge in [-0.2, -0.15) is 0 Å². The molecule has 6 aliphatic rings. The fraction of sp³-hybridized carbons (Fsp3) is 0.700. The smallest absolute Gasteiger partial charge is 0.00497 e. The highest BCUT2D eigenvalue weighted by Gasteiger charge is 2.87. The first-order chi connectivity index (χ1) is 9.91. The van der Waals surface area contributed by atoms with Crippen LogP contribution in [-0.4, -0.2) is 0 Å². The third-order valence-corrected chi connectivity index (χ3v) is 8.80. The molecule has 1 aromatic rings. The van der Waals surface area contributed by atoms with Crippen LogP contribution in [0.25, 0.3) is 0 Å². The molecule has 0 aromatic heterocycles. The summed E-state index contributed by atoms with van der Waals surface area (Å²) in [6.45, 7) is 0. The van der Waals surface area contributed by atoms with E-state index in [0.717, 1.165) is 46.3 Å². The minimum Gasteiger partial charge on any atom is -0.0582 e. The average molecular weight is 262 g/mol. The Balaban J connectivity index is 1.25. The van der Waals surface area contributed by atoms with E-state index in [4.69, 9.17) is 0 Å². The number of fused-ring (bicyclic) bond motifs is 4. The molecule has 0 bridgehead atoms. The molecule has 0 amide bonds. The average Bonchev–Trinajstić information content (AvgIpc) is 3.43. The Morgan fingerprint density at radius 2 is 0.950 bits per heavy atom. The van der Waals surface area contributed by atoms with Gasteiger partial charge in [0, 0.05) is 10.8 Å². The molecule has 6 fully saturated rings. The van der Waals surface area contributed by atoms with Crippen molar-refractivity contribution in [3.05, 3.63) is 35.4 Å². The van der Waals surface area contributed by atoms with Gasteiger partial charge in [0.2, 0.25) is 0 Å². The van der Waals surface area contributed by atoms with Gasteiger partial charge in [0.25, 0.3) is 0 Å². The number of hydrogen-bond donors (Lipinski definition) is 0. The Labute approximate surface area is 121 Å². The van der Waals surface area contributed by atoms with Crippen LogP contribution in [0.2, 0.25) is 0 Å². The minimum absolute atomic E-state index is 0.719. The second-order valence-corrected chi connectivity index (χ2v) is 8.78. The first kappa shape index (κ1) is 10.0. The van der Waals surface area contributed by atoms with Crippen LogP contribution >= 0.6 is 0 Å². The maximum Gasteiger partial charge on any atom is 0.00497 e. The third kappa shape index (κ3) is 0.760. The Morgan fingerprint density at radius 3 is 1.25 bits per heavy atom. The summed E-state index contributed by atoms with van der Waals surface area (Å²) in [5, 5.41) is 0. The largest absolute Gasteiger partial charge is 0.0582 e. The van der Waals surface area contributed by atoms with Crippen LogP contribution in [0.15, 0.2) is 24.3 Å². The van der Waals surface area contributed by atoms with Gasteiger partial charge < -0.3 is 0 Å². The van der Waals surface area contributed by atoms with Crippen molar-refractivity contribution in [2.45, 2.75) is 49.4 Å². The topological polar surface area (TPSA) is 0 Å². The van der Waals surface area contributed by atoms with E-state index >= 15 is 0 Å². The Morgan fingerprint density at radius 1 is 0.600 bits per heavy atom. The summed E-state index contributed by atoms with van der Waals surface area (Å²) in [6, 6.07) is 10.2. The molecule has 0 heterocycles. The van der Waals surface area contributed by atoms with Crippen LogP contribution in [0.5, 0.6) is 0 Å². The van der Waals surface area contributed by atoms with Gasteiger partial charge in [-0.05, 0) is 72.3 Å². The van der Waals surface area contributed by atoms with Crippen molar-refractivity contribution < 1.29 is 0 Å². The predicted octanol–water partition coefficient (Wildman–Crippen LogP) is 4.28. The Kier molecular flexibility index (Phi) is 1.33. The van der Waals surface area contributed by atoms with Crippen LogP contribution < -0.4 is 0 Å². The van der Waals surface area contributed by atoms with Crippen molar-refractivity contribution in [3.8, 4) is 0 Å². The van der Waals surface area contributed by atoms with Crippen molar-refractivity contribution in [1.82, 2.24) is 0 Å². The molecule has 7 rings (SSSR count). The lowest BCUT2D eigenvalue weighted by Crippen LogP contribution is -2.20. The van der Waals surface area contributed by atoms with Crippen molar-refractivity contribution in [2.75, 3.05) is 0 Å². The lowest BCUT2D eigenvalue weighted by atomic mass is 9.77. The van der Waals surface area contributed by atoms with E-state index in [9.17, 15) is 0 Å². The zero-order valence-electron chi connectivity index (χ0n) is 12.0. The van der Waals surface area contributed by atoms with Gasteiger partial charge in [0.05, 0.1) is 0 Å². The van der Waals surface area contributed by atoms with Crippen LogP contribution in [0.4, 0.5) is 0 Å². The second-order valence-electron chi connectivity index (χ2n) is 8.78. The lowest BCUT2D eigenvalue weighted by Gasteiger charge is -2.27. The summed E-state index contributed by atoms with van der Waals surface area (Å²) in [6.07, 6.45) is 9.13. The standard InChI is InChI=1S/C20H22/c1-3-13-17-14(4-1)19(13,17)11-7-9-12(10-8-11)20-15-5-2-6-16(20)18(15)20/h7-10,13-18H,1-6H2. The van der Waals surface area contributed by atoms with Gasteiger partial charge in [0.15, 0.2) is 0 Å². The van der Waals surface area contributed by atoms with E-state index in [1.807, 2.05) is 0 Å². The molecule has 6 saturated carbocycles. The molecule has 0 aliphatic heterocycles. The Bertz CT molecular complexity index is 538. The maximum atomic E-state index is 2.55. The number of rotatable bonds is 2. The summed E-state index contributed by atoms with van der Waals surface area (Å²) in [5.41, 5.74) is 4.88. The third-order valence-electron chi connectivity index (χ3n) is 8.80. The molecule has 102 valence electrons. The highest BCUT2D eigenvalue weighted by atomic mass is 14.9. The molecule has 4 atom stereocenters. The molecule has 20 heavy (non-hydrogen) atoms. The van der Waals surface area contributed by atoms with Crippen LogP contribution in [0.3, 0.4) is 0 Å². The fourth-order valence-corrected chi connectivity index (χ4v) is 8.00. The zero-order chi connectivity index (χ0) is 12.7. The minimum atomic E-state index is 0.719. The second kappa shape index (κ2) is 2.64. The van der Waals surface area contributed by atoms with Gasteiger partial charge in [-0.25, -0.2) is 0 Å². The van der Waals surface area contributed by atoms with Crippen molar-refractivity contribution >= 4 is 0 Å². The van der Waals surface area contributed by atoms with Gasteiger partial charge in [-0.15, -0.1) is 0 Å². The van der Waals surface area contributed by atoms with Gasteiger partial charge >= 0.3 is 0 Å². The lowest BCUT2D eigenvalue weighted by molar-refractivity contribution is 0.313. The number of hydrogen-bond acceptors (Lipinski definition) is 0. The van der Waals surface area contributed by atoms with Crippen molar-refractivity contribution in [3.63, 3.8) is 0 Å². The molecule has 1 aromatic carbocycles. The summed E-state index contributed by atoms with van der Waals surface area (Å²) >= 11 is 0. The van der Waals surface area contributed by atoms with E-state index in [2.05, 4.69) is 24.3 Å². The SMILES string of the molecule is c1cc(C23C4CCCC2C43)ccc1C12C3CCCC1C32. The van der Waals surface area contributed by atoms with E-state index in [1.54, 1.807) is 11.1 Å². The summed E-state index contributed by atoms with van der Waals surface area (Å²) in [4.78, 5) is 0. The first-order valence-corrected chi connectivity index (χ1v) is 9.02. The van der Waals surface area contributed by atoms with Crippen LogP contribution in [0, 0.1) is 35.5 Å². The van der Waals surface area contributed by atoms with E-state index in [0.29, 0.717) is 0 Å². The first-order valence-electron chi connectivity index (χ1n) is 9.02. The predicted molar refractivity (Wildman–Crippen MR) is 78.4 cm³/mol. The quantitative estimate of drug-likeness (QED) is 0.746. The number of benzene rings is 1. The maximum absolute atomic E-state index is 2.55. The molecule has 0 saturated heterocycles. The van der Waals surface area contributed by atoms with Crippen LogP contribution in [-0.2, 0) is 10.8 Å². The van der Waals surface area contributed by atoms with Gasteiger partial charge in [-0.3, -0.25) is 0 Å². The van der Waals surface area contributed by atoms with E-state index in [-0.39, 0.29) is 0 Å². The van der Waals surface area contributed by atoms with Crippen molar-refractivity contribution in [1.29, 1.82) is 0 Å². The van der Waals surface area contributed by atoms with E-state index in [1.165, 1.54) is 38.5 Å². The molecule has 0 radical (unpaired) electrons. The van der Waals surface area contributed by atoms with Gasteiger partial charge in [-0.1, -0.05) is 37.1 Å². The highest BCUT2D eigenvalue weighted by Crippen LogP contribution is 2.90.